The van der Waals surface area contributed by atoms with Gasteiger partial charge in [0.25, 0.3) is 0 Å². The van der Waals surface area contributed by atoms with E-state index in [1.54, 1.807) is 0 Å². The van der Waals surface area contributed by atoms with Gasteiger partial charge in [0.15, 0.2) is 0 Å². The summed E-state index contributed by atoms with van der Waals surface area (Å²) in [6.45, 7) is 11.9. The molecule has 136 valence electrons. The highest BCUT2D eigenvalue weighted by molar-refractivity contribution is 5.67. The van der Waals surface area contributed by atoms with Crippen molar-refractivity contribution >= 4 is 6.09 Å². The van der Waals surface area contributed by atoms with Crippen LogP contribution in [0.15, 0.2) is 0 Å². The van der Waals surface area contributed by atoms with E-state index in [1.165, 1.54) is 19.3 Å². The topological polar surface area (TPSA) is 53.6 Å². The lowest BCUT2D eigenvalue weighted by molar-refractivity contribution is 0.0517. The fraction of sp³-hybridized carbons (Fsp3) is 0.944. The summed E-state index contributed by atoms with van der Waals surface area (Å²) < 4.78 is 5.32. The summed E-state index contributed by atoms with van der Waals surface area (Å²) in [5, 5.41) is 6.67. The van der Waals surface area contributed by atoms with Crippen LogP contribution < -0.4 is 10.6 Å². The molecule has 23 heavy (non-hydrogen) atoms. The van der Waals surface area contributed by atoms with E-state index in [-0.39, 0.29) is 6.09 Å². The van der Waals surface area contributed by atoms with Crippen molar-refractivity contribution in [2.75, 3.05) is 27.2 Å². The van der Waals surface area contributed by atoms with Crippen molar-refractivity contribution in [2.24, 2.45) is 11.8 Å². The Hall–Kier alpha value is -0.810. The van der Waals surface area contributed by atoms with E-state index in [0.29, 0.717) is 30.5 Å². The van der Waals surface area contributed by atoms with Crippen LogP contribution in [0.3, 0.4) is 0 Å². The number of likely N-dealkylation sites (N-methyl/N-ethyl adjacent to an activating group) is 1. The molecule has 5 nitrogen and oxygen atoms in total. The maximum Gasteiger partial charge on any atom is 0.407 e. The van der Waals surface area contributed by atoms with Gasteiger partial charge in [-0.3, -0.25) is 0 Å². The lowest BCUT2D eigenvalue weighted by Crippen LogP contribution is -2.47. The van der Waals surface area contributed by atoms with Gasteiger partial charge in [-0.05, 0) is 59.5 Å². The molecule has 0 aromatic carbocycles. The Bertz CT molecular complexity index is 356. The zero-order valence-electron chi connectivity index (χ0n) is 16.1. The minimum atomic E-state index is -0.437. The number of nitrogens with zero attached hydrogens (tertiary/aromatic N) is 1. The maximum atomic E-state index is 11.8. The van der Waals surface area contributed by atoms with Gasteiger partial charge in [0.1, 0.15) is 5.60 Å². The fourth-order valence-corrected chi connectivity index (χ4v) is 3.37. The average molecular weight is 328 g/mol. The number of hydrogen-bond acceptors (Lipinski definition) is 4. The van der Waals surface area contributed by atoms with Gasteiger partial charge in [0.05, 0.1) is 0 Å². The minimum Gasteiger partial charge on any atom is -0.444 e. The summed E-state index contributed by atoms with van der Waals surface area (Å²) in [7, 11) is 4.28. The van der Waals surface area contributed by atoms with Gasteiger partial charge in [-0.2, -0.15) is 0 Å². The number of amides is 1. The second kappa shape index (κ2) is 8.88. The predicted octanol–water partition coefficient (Wildman–Crippen LogP) is 2.86. The number of carbonyl (C=O) groups is 1. The third kappa shape index (κ3) is 7.53. The summed E-state index contributed by atoms with van der Waals surface area (Å²) in [6, 6.07) is 1.03. The van der Waals surface area contributed by atoms with Crippen molar-refractivity contribution in [2.45, 2.75) is 71.6 Å². The van der Waals surface area contributed by atoms with Crippen LogP contribution in [0.5, 0.6) is 0 Å². The Morgan fingerprint density at radius 1 is 1.26 bits per heavy atom. The third-order valence-electron chi connectivity index (χ3n) is 4.59. The number of carbonyl (C=O) groups excluding carboxylic acids is 1. The van der Waals surface area contributed by atoms with E-state index in [4.69, 9.17) is 4.74 Å². The normalized spacial score (nSPS) is 23.3. The Morgan fingerprint density at radius 3 is 2.43 bits per heavy atom. The van der Waals surface area contributed by atoms with E-state index in [9.17, 15) is 4.79 Å². The van der Waals surface area contributed by atoms with Gasteiger partial charge in [-0.15, -0.1) is 0 Å². The fourth-order valence-electron chi connectivity index (χ4n) is 3.37. The highest BCUT2D eigenvalue weighted by Crippen LogP contribution is 2.25. The maximum absolute atomic E-state index is 11.8. The average Bonchev–Trinajstić information content (AvgIpc) is 2.81. The quantitative estimate of drug-likeness (QED) is 0.755. The number of hydrogen-bond donors (Lipinski definition) is 2. The molecule has 0 aromatic heterocycles. The molecule has 5 heteroatoms. The first kappa shape index (κ1) is 20.2. The van der Waals surface area contributed by atoms with Gasteiger partial charge in [0, 0.05) is 25.2 Å². The van der Waals surface area contributed by atoms with Crippen molar-refractivity contribution < 1.29 is 9.53 Å². The van der Waals surface area contributed by atoms with Gasteiger partial charge >= 0.3 is 6.09 Å². The van der Waals surface area contributed by atoms with Crippen LogP contribution >= 0.6 is 0 Å². The summed E-state index contributed by atoms with van der Waals surface area (Å²) >= 11 is 0. The molecule has 0 aromatic rings. The second-order valence-electron chi connectivity index (χ2n) is 8.36. The van der Waals surface area contributed by atoms with Crippen molar-refractivity contribution in [3.63, 3.8) is 0 Å². The number of rotatable bonds is 7. The summed E-state index contributed by atoms with van der Waals surface area (Å²) in [5.74, 6) is 1.12. The third-order valence-corrected chi connectivity index (χ3v) is 4.59. The van der Waals surface area contributed by atoms with Crippen molar-refractivity contribution in [1.29, 1.82) is 0 Å². The molecule has 1 aliphatic carbocycles. The molecule has 0 saturated heterocycles. The molecular weight excluding hydrogens is 290 g/mol. The van der Waals surface area contributed by atoms with Crippen LogP contribution in [0.2, 0.25) is 0 Å². The lowest BCUT2D eigenvalue weighted by atomic mass is 10.0. The summed E-state index contributed by atoms with van der Waals surface area (Å²) in [4.78, 5) is 14.1. The van der Waals surface area contributed by atoms with E-state index >= 15 is 0 Å². The Labute approximate surface area is 142 Å². The molecule has 1 aliphatic rings. The Kier molecular flexibility index (Phi) is 7.81. The molecule has 0 radical (unpaired) electrons. The molecule has 0 heterocycles. The van der Waals surface area contributed by atoms with Crippen LogP contribution in [0.1, 0.15) is 53.9 Å². The van der Waals surface area contributed by atoms with E-state index in [1.807, 2.05) is 20.8 Å². The van der Waals surface area contributed by atoms with Gasteiger partial charge in [-0.1, -0.05) is 20.3 Å². The molecule has 3 atom stereocenters. The number of nitrogens with one attached hydrogen (secondary N) is 2. The molecule has 1 amide bonds. The molecule has 0 bridgehead atoms. The van der Waals surface area contributed by atoms with Crippen LogP contribution in [0.4, 0.5) is 4.79 Å². The van der Waals surface area contributed by atoms with E-state index < -0.39 is 5.60 Å². The van der Waals surface area contributed by atoms with Crippen LogP contribution in [-0.4, -0.2) is 55.9 Å². The highest BCUT2D eigenvalue weighted by atomic mass is 16.6. The van der Waals surface area contributed by atoms with Crippen molar-refractivity contribution in [3.05, 3.63) is 0 Å². The zero-order chi connectivity index (χ0) is 17.6. The summed E-state index contributed by atoms with van der Waals surface area (Å²) in [5.41, 5.74) is -0.437. The van der Waals surface area contributed by atoms with Gasteiger partial charge < -0.3 is 20.3 Å². The van der Waals surface area contributed by atoms with Crippen LogP contribution in [0.25, 0.3) is 0 Å². The number of alkyl carbamates (subject to hydrolysis) is 1. The highest BCUT2D eigenvalue weighted by Gasteiger charge is 2.29. The molecule has 0 aliphatic heterocycles. The van der Waals surface area contributed by atoms with E-state index in [2.05, 4.69) is 43.5 Å². The number of ether oxygens (including phenoxy) is 1. The molecule has 3 unspecified atom stereocenters. The molecule has 1 fully saturated rings. The zero-order valence-corrected chi connectivity index (χ0v) is 16.1. The largest absolute Gasteiger partial charge is 0.444 e. The summed E-state index contributed by atoms with van der Waals surface area (Å²) in [6.07, 6.45) is 3.28. The molecule has 2 N–H and O–H groups in total. The van der Waals surface area contributed by atoms with Gasteiger partial charge in [0.2, 0.25) is 0 Å². The first-order valence-electron chi connectivity index (χ1n) is 8.97. The second-order valence-corrected chi connectivity index (χ2v) is 8.36. The standard InChI is InChI=1S/C18H37N3O2/c1-13(2)16(21(6)7)12-19-15-10-8-9-14(15)11-20-17(22)23-18(3,4)5/h13-16,19H,8-12H2,1-7H3,(H,20,22). The van der Waals surface area contributed by atoms with Gasteiger partial charge in [-0.25, -0.2) is 4.79 Å². The van der Waals surface area contributed by atoms with Crippen molar-refractivity contribution in [1.82, 2.24) is 15.5 Å². The monoisotopic (exact) mass is 327 g/mol. The molecular formula is C18H37N3O2. The Morgan fingerprint density at radius 2 is 1.91 bits per heavy atom. The van der Waals surface area contributed by atoms with Crippen LogP contribution in [0, 0.1) is 11.8 Å². The smallest absolute Gasteiger partial charge is 0.407 e. The molecule has 1 rings (SSSR count). The SMILES string of the molecule is CC(C)C(CNC1CCCC1CNC(=O)OC(C)(C)C)N(C)C. The van der Waals surface area contributed by atoms with E-state index in [0.717, 1.165) is 6.54 Å². The first-order chi connectivity index (χ1) is 10.6. The lowest BCUT2D eigenvalue weighted by Gasteiger charge is -2.31. The Balaban J connectivity index is 2.40. The van der Waals surface area contributed by atoms with Crippen LogP contribution in [-0.2, 0) is 4.74 Å². The molecule has 1 saturated carbocycles. The first-order valence-corrected chi connectivity index (χ1v) is 8.97. The van der Waals surface area contributed by atoms with Crippen molar-refractivity contribution in [3.8, 4) is 0 Å². The predicted molar refractivity (Wildman–Crippen MR) is 95.7 cm³/mol. The minimum absolute atomic E-state index is 0.309. The molecule has 0 spiro atoms.